The predicted molar refractivity (Wildman–Crippen MR) is 136 cm³/mol. The van der Waals surface area contributed by atoms with Crippen LogP contribution in [0.25, 0.3) is 0 Å². The van der Waals surface area contributed by atoms with Gasteiger partial charge >= 0.3 is 5.97 Å². The zero-order valence-electron chi connectivity index (χ0n) is 23.2. The number of rotatable bonds is 6. The number of methoxy groups -OCH3 is 1. The predicted octanol–water partition coefficient (Wildman–Crippen LogP) is 2.28. The van der Waals surface area contributed by atoms with Crippen LogP contribution in [0.1, 0.15) is 86.0 Å². The summed E-state index contributed by atoms with van der Waals surface area (Å²) >= 11 is 0. The van der Waals surface area contributed by atoms with Crippen molar-refractivity contribution in [1.29, 1.82) is 0 Å². The van der Waals surface area contributed by atoms with Gasteiger partial charge in [0.05, 0.1) is 42.0 Å². The SMILES string of the molecule is COC(=O)C(C)(C)CCC(O)C(C)(O)C1CCC2(O)C3=CC(=O)C4CC(O)C(O)CC4(C)C3CCC12C. The summed E-state index contributed by atoms with van der Waals surface area (Å²) in [5, 5.41) is 55.9. The molecule has 0 bridgehead atoms. The number of ether oxygens (including phenoxy) is 1. The maximum absolute atomic E-state index is 13.3. The molecule has 4 aliphatic carbocycles. The minimum absolute atomic E-state index is 0.107. The van der Waals surface area contributed by atoms with Gasteiger partial charge in [-0.1, -0.05) is 13.8 Å². The Balaban J connectivity index is 1.61. The highest BCUT2D eigenvalue weighted by Gasteiger charge is 2.69. The maximum atomic E-state index is 13.3. The minimum Gasteiger partial charge on any atom is -0.469 e. The third-order valence-corrected chi connectivity index (χ3v) is 11.3. The lowest BCUT2D eigenvalue weighted by Gasteiger charge is -2.60. The van der Waals surface area contributed by atoms with Gasteiger partial charge in [-0.2, -0.15) is 0 Å². The second-order valence-electron chi connectivity index (χ2n) is 13.8. The van der Waals surface area contributed by atoms with Crippen molar-refractivity contribution in [1.82, 2.24) is 0 Å². The smallest absolute Gasteiger partial charge is 0.311 e. The first kappa shape index (κ1) is 28.7. The quantitative estimate of drug-likeness (QED) is 0.334. The molecule has 10 unspecified atom stereocenters. The average molecular weight is 523 g/mol. The van der Waals surface area contributed by atoms with Crippen LogP contribution in [0.5, 0.6) is 0 Å². The maximum Gasteiger partial charge on any atom is 0.311 e. The zero-order chi connectivity index (χ0) is 27.8. The van der Waals surface area contributed by atoms with Crippen LogP contribution in [0, 0.1) is 34.0 Å². The van der Waals surface area contributed by atoms with Crippen LogP contribution in [0.3, 0.4) is 0 Å². The van der Waals surface area contributed by atoms with E-state index < -0.39 is 57.6 Å². The normalized spacial score (nSPS) is 44.1. The molecule has 8 nitrogen and oxygen atoms in total. The van der Waals surface area contributed by atoms with Crippen LogP contribution in [0.4, 0.5) is 0 Å². The first-order valence-electron chi connectivity index (χ1n) is 13.8. The van der Waals surface area contributed by atoms with Crippen molar-refractivity contribution >= 4 is 11.8 Å². The van der Waals surface area contributed by atoms with Crippen molar-refractivity contribution in [3.8, 4) is 0 Å². The topological polar surface area (TPSA) is 145 Å². The van der Waals surface area contributed by atoms with Crippen molar-refractivity contribution in [2.75, 3.05) is 7.11 Å². The molecule has 0 saturated heterocycles. The standard InChI is InChI=1S/C29H46O8/c1-25(2,24(34)37-6)10-9-23(33)28(5,35)22-8-12-29(36)17-13-19(30)18-14-20(31)21(32)15-26(18,3)16(17)7-11-27(22,29)4/h13,16,18,20-23,31-33,35-36H,7-12,14-15H2,1-6H3. The molecule has 0 aromatic heterocycles. The van der Waals surface area contributed by atoms with Crippen LogP contribution >= 0.6 is 0 Å². The van der Waals surface area contributed by atoms with Gasteiger partial charge in [-0.3, -0.25) is 9.59 Å². The number of allylic oxidation sites excluding steroid dienone is 1. The molecule has 0 aliphatic heterocycles. The van der Waals surface area contributed by atoms with Crippen LogP contribution in [-0.2, 0) is 14.3 Å². The van der Waals surface area contributed by atoms with Crippen LogP contribution in [0.2, 0.25) is 0 Å². The Morgan fingerprint density at radius 2 is 1.78 bits per heavy atom. The first-order valence-corrected chi connectivity index (χ1v) is 13.8. The average Bonchev–Trinajstić information content (AvgIpc) is 3.11. The highest BCUT2D eigenvalue weighted by Crippen LogP contribution is 2.68. The number of ketones is 1. The fraction of sp³-hybridized carbons (Fsp3) is 0.862. The van der Waals surface area contributed by atoms with E-state index in [0.29, 0.717) is 44.1 Å². The third-order valence-electron chi connectivity index (χ3n) is 11.3. The summed E-state index contributed by atoms with van der Waals surface area (Å²) in [5.74, 6) is -1.42. The molecule has 0 spiro atoms. The van der Waals surface area contributed by atoms with E-state index in [9.17, 15) is 35.1 Å². The Labute approximate surface area is 220 Å². The number of aliphatic hydroxyl groups excluding tert-OH is 3. The van der Waals surface area contributed by atoms with Crippen molar-refractivity contribution < 1.29 is 39.9 Å². The molecule has 0 amide bonds. The molecule has 210 valence electrons. The van der Waals surface area contributed by atoms with E-state index in [1.807, 2.05) is 13.8 Å². The molecule has 0 aromatic rings. The Kier molecular flexibility index (Phi) is 7.07. The van der Waals surface area contributed by atoms with Gasteiger partial charge in [-0.05, 0) is 101 Å². The highest BCUT2D eigenvalue weighted by atomic mass is 16.5. The Bertz CT molecular complexity index is 971. The molecular weight excluding hydrogens is 476 g/mol. The zero-order valence-corrected chi connectivity index (χ0v) is 23.2. The Hall–Kier alpha value is -1.32. The fourth-order valence-electron chi connectivity index (χ4n) is 8.71. The first-order chi connectivity index (χ1) is 17.0. The van der Waals surface area contributed by atoms with Crippen molar-refractivity contribution in [3.05, 3.63) is 11.6 Å². The van der Waals surface area contributed by atoms with E-state index >= 15 is 0 Å². The van der Waals surface area contributed by atoms with Gasteiger partial charge in [-0.25, -0.2) is 0 Å². The van der Waals surface area contributed by atoms with E-state index in [1.54, 1.807) is 26.8 Å². The lowest BCUT2D eigenvalue weighted by Crippen LogP contribution is -2.62. The molecule has 37 heavy (non-hydrogen) atoms. The summed E-state index contributed by atoms with van der Waals surface area (Å²) in [5.41, 5.74) is -4.28. The Morgan fingerprint density at radius 3 is 2.41 bits per heavy atom. The molecule has 0 heterocycles. The molecule has 5 N–H and O–H groups in total. The number of aliphatic hydroxyl groups is 5. The van der Waals surface area contributed by atoms with Gasteiger partial charge < -0.3 is 30.3 Å². The summed E-state index contributed by atoms with van der Waals surface area (Å²) in [6, 6.07) is 0. The Morgan fingerprint density at radius 1 is 1.14 bits per heavy atom. The molecule has 3 saturated carbocycles. The number of carbonyl (C=O) groups is 2. The number of fused-ring (bicyclic) bond motifs is 5. The van der Waals surface area contributed by atoms with Crippen molar-refractivity contribution in [2.24, 2.45) is 34.0 Å². The van der Waals surface area contributed by atoms with E-state index in [1.165, 1.54) is 7.11 Å². The second-order valence-corrected chi connectivity index (χ2v) is 13.8. The van der Waals surface area contributed by atoms with Crippen LogP contribution < -0.4 is 0 Å². The van der Waals surface area contributed by atoms with Gasteiger partial charge in [0.2, 0.25) is 0 Å². The molecule has 0 radical (unpaired) electrons. The molecule has 0 aromatic carbocycles. The van der Waals surface area contributed by atoms with Crippen LogP contribution in [-0.4, -0.2) is 73.9 Å². The largest absolute Gasteiger partial charge is 0.469 e. The number of hydrogen-bond acceptors (Lipinski definition) is 8. The molecule has 4 rings (SSSR count). The summed E-state index contributed by atoms with van der Waals surface area (Å²) in [4.78, 5) is 25.4. The van der Waals surface area contributed by atoms with E-state index in [2.05, 4.69) is 0 Å². The lowest BCUT2D eigenvalue weighted by atomic mass is 9.45. The number of hydrogen-bond donors (Lipinski definition) is 5. The minimum atomic E-state index is -1.52. The highest BCUT2D eigenvalue weighted by molar-refractivity contribution is 5.95. The van der Waals surface area contributed by atoms with E-state index in [4.69, 9.17) is 4.74 Å². The summed E-state index contributed by atoms with van der Waals surface area (Å²) in [7, 11) is 1.33. The van der Waals surface area contributed by atoms with Gasteiger partial charge in [0.1, 0.15) is 0 Å². The molecular formula is C29H46O8. The number of carbonyl (C=O) groups excluding carboxylic acids is 2. The molecule has 8 heteroatoms. The molecule has 3 fully saturated rings. The van der Waals surface area contributed by atoms with Crippen LogP contribution in [0.15, 0.2) is 11.6 Å². The molecule has 4 aliphatic rings. The summed E-state index contributed by atoms with van der Waals surface area (Å²) in [6.45, 7) is 9.08. The number of esters is 1. The van der Waals surface area contributed by atoms with Gasteiger partial charge in [-0.15, -0.1) is 0 Å². The fourth-order valence-corrected chi connectivity index (χ4v) is 8.71. The summed E-state index contributed by atoms with van der Waals surface area (Å²) in [6.07, 6.45) is 1.83. The second kappa shape index (κ2) is 9.12. The van der Waals surface area contributed by atoms with E-state index in [-0.39, 0.29) is 30.5 Å². The van der Waals surface area contributed by atoms with E-state index in [0.717, 1.165) is 0 Å². The van der Waals surface area contributed by atoms with Gasteiger partial charge in [0, 0.05) is 11.3 Å². The van der Waals surface area contributed by atoms with Gasteiger partial charge in [0.25, 0.3) is 0 Å². The van der Waals surface area contributed by atoms with Crippen molar-refractivity contribution in [3.63, 3.8) is 0 Å². The monoisotopic (exact) mass is 522 g/mol. The van der Waals surface area contributed by atoms with Crippen molar-refractivity contribution in [2.45, 2.75) is 115 Å². The summed E-state index contributed by atoms with van der Waals surface area (Å²) < 4.78 is 4.87. The lowest BCUT2D eigenvalue weighted by molar-refractivity contribution is -0.177. The third kappa shape index (κ3) is 4.13. The molecule has 10 atom stereocenters. The van der Waals surface area contributed by atoms with Gasteiger partial charge in [0.15, 0.2) is 5.78 Å².